The van der Waals surface area contributed by atoms with Crippen molar-refractivity contribution in [1.29, 1.82) is 26.3 Å². The Hall–Kier alpha value is -7.64. The van der Waals surface area contributed by atoms with E-state index in [0.717, 1.165) is 38.6 Å². The fraction of sp³-hybridized carbons (Fsp3) is 0.0500. The summed E-state index contributed by atoms with van der Waals surface area (Å²) in [5, 5.41) is 50.7. The first-order chi connectivity index (χ1) is 23.8. The Morgan fingerprint density at radius 2 is 0.980 bits per heavy atom. The average Bonchev–Trinajstić information content (AvgIpc) is 3.46. The van der Waals surface area contributed by atoms with E-state index in [4.69, 9.17) is 0 Å². The van der Waals surface area contributed by atoms with Crippen molar-refractivity contribution in [3.05, 3.63) is 130 Å². The minimum absolute atomic E-state index is 0.384. The summed E-state index contributed by atoms with van der Waals surface area (Å²) in [6.07, 6.45) is 0. The summed E-state index contributed by atoms with van der Waals surface area (Å²) in [5.74, 6) is 1.46. The van der Waals surface area contributed by atoms with Crippen LogP contribution in [0.2, 0.25) is 0 Å². The molecule has 7 aromatic rings. The molecule has 0 amide bonds. The van der Waals surface area contributed by atoms with Gasteiger partial charge < -0.3 is 4.57 Å². The molecule has 0 fully saturated rings. The second-order valence-corrected chi connectivity index (χ2v) is 11.4. The molecule has 0 saturated carbocycles. The van der Waals surface area contributed by atoms with E-state index in [1.807, 2.05) is 48.5 Å². The van der Waals surface area contributed by atoms with Crippen LogP contribution in [0.5, 0.6) is 0 Å². The molecule has 2 aromatic heterocycles. The lowest BCUT2D eigenvalue weighted by Gasteiger charge is -2.13. The molecule has 0 radical (unpaired) electrons. The van der Waals surface area contributed by atoms with Gasteiger partial charge in [0, 0.05) is 22.0 Å². The van der Waals surface area contributed by atoms with Crippen LogP contribution in [0.4, 0.5) is 0 Å². The van der Waals surface area contributed by atoms with Crippen molar-refractivity contribution in [2.24, 2.45) is 0 Å². The maximum absolute atomic E-state index is 10.1. The highest BCUT2D eigenvalue weighted by atomic mass is 15.0. The Bertz CT molecular complexity index is 2600. The summed E-state index contributed by atoms with van der Waals surface area (Å²) >= 11 is 0. The van der Waals surface area contributed by atoms with Gasteiger partial charge in [-0.2, -0.15) is 26.3 Å². The van der Waals surface area contributed by atoms with Gasteiger partial charge in [-0.25, -0.2) is 15.0 Å². The van der Waals surface area contributed by atoms with Gasteiger partial charge in [0.15, 0.2) is 5.82 Å². The van der Waals surface area contributed by atoms with Gasteiger partial charge in [-0.15, -0.1) is 0 Å². The lowest BCUT2D eigenvalue weighted by Crippen LogP contribution is -2.02. The van der Waals surface area contributed by atoms with Crippen LogP contribution in [-0.4, -0.2) is 19.5 Å². The zero-order valence-electron chi connectivity index (χ0n) is 26.2. The van der Waals surface area contributed by atoms with Gasteiger partial charge in [-0.1, -0.05) is 36.4 Å². The van der Waals surface area contributed by atoms with Gasteiger partial charge in [0.2, 0.25) is 0 Å². The summed E-state index contributed by atoms with van der Waals surface area (Å²) in [6.45, 7) is 3.56. The third-order valence-corrected chi connectivity index (χ3v) is 8.41. The molecule has 0 aliphatic carbocycles. The third-order valence-electron chi connectivity index (χ3n) is 8.41. The zero-order chi connectivity index (χ0) is 34.2. The molecule has 0 unspecified atom stereocenters. The molecule has 49 heavy (non-hydrogen) atoms. The quantitative estimate of drug-likeness (QED) is 0.190. The van der Waals surface area contributed by atoms with Crippen LogP contribution in [0, 0.1) is 70.5 Å². The Labute approximate surface area is 281 Å². The van der Waals surface area contributed by atoms with Crippen LogP contribution in [-0.2, 0) is 0 Å². The minimum atomic E-state index is 0.384. The highest BCUT2D eigenvalue weighted by Gasteiger charge is 2.19. The SMILES string of the molecule is Cc1nc(C)nc(-c2cc(-n3c4cc(-c5ccc(C#N)cc5C#N)ccc4c4ccc(-c5ccc(C#N)cc5C#N)cc43)ccc2C#N)n1. The Morgan fingerprint density at radius 3 is 1.45 bits per heavy atom. The van der Waals surface area contributed by atoms with E-state index in [9.17, 15) is 26.3 Å². The molecule has 0 aliphatic heterocycles. The van der Waals surface area contributed by atoms with E-state index in [1.165, 1.54) is 0 Å². The highest BCUT2D eigenvalue weighted by molar-refractivity contribution is 6.11. The molecule has 9 heteroatoms. The fourth-order valence-corrected chi connectivity index (χ4v) is 6.24. The predicted molar refractivity (Wildman–Crippen MR) is 184 cm³/mol. The molecule has 2 heterocycles. The molecular weight excluding hydrogens is 607 g/mol. The number of rotatable bonds is 4. The predicted octanol–water partition coefficient (Wildman–Crippen LogP) is 7.94. The Morgan fingerprint density at radius 1 is 0.469 bits per heavy atom. The summed E-state index contributed by atoms with van der Waals surface area (Å²) in [4.78, 5) is 13.4. The highest BCUT2D eigenvalue weighted by Crippen LogP contribution is 2.39. The number of aryl methyl sites for hydroxylation is 2. The van der Waals surface area contributed by atoms with E-state index in [0.29, 0.717) is 62.0 Å². The second-order valence-electron chi connectivity index (χ2n) is 11.4. The average molecular weight is 628 g/mol. The van der Waals surface area contributed by atoms with Crippen molar-refractivity contribution >= 4 is 21.8 Å². The molecule has 0 saturated heterocycles. The first-order valence-electron chi connectivity index (χ1n) is 15.1. The molecule has 226 valence electrons. The number of nitriles is 5. The van der Waals surface area contributed by atoms with Gasteiger partial charge in [0.05, 0.1) is 69.2 Å². The topological polar surface area (TPSA) is 163 Å². The van der Waals surface area contributed by atoms with Crippen LogP contribution >= 0.6 is 0 Å². The van der Waals surface area contributed by atoms with E-state index in [1.54, 1.807) is 56.3 Å². The van der Waals surface area contributed by atoms with Crippen molar-refractivity contribution in [2.75, 3.05) is 0 Å². The minimum Gasteiger partial charge on any atom is -0.309 e. The molecule has 0 bridgehead atoms. The second kappa shape index (κ2) is 11.9. The van der Waals surface area contributed by atoms with Crippen LogP contribution < -0.4 is 0 Å². The number of fused-ring (bicyclic) bond motifs is 3. The third kappa shape index (κ3) is 5.15. The van der Waals surface area contributed by atoms with Gasteiger partial charge >= 0.3 is 0 Å². The van der Waals surface area contributed by atoms with E-state index in [-0.39, 0.29) is 0 Å². The standard InChI is InChI=1S/C40H21N9/c1-23-46-24(2)48-40(47-23)37-17-32(8-5-29(37)20-43)49-38-15-27(33-9-3-25(18-41)13-30(33)21-44)6-11-35(38)36-12-7-28(16-39(36)49)34-10-4-26(19-42)14-31(34)22-45/h3-17H,1-2H3. The van der Waals surface area contributed by atoms with Crippen LogP contribution in [0.3, 0.4) is 0 Å². The number of hydrogen-bond donors (Lipinski definition) is 0. The largest absolute Gasteiger partial charge is 0.309 e. The Balaban J connectivity index is 1.55. The fourth-order valence-electron chi connectivity index (χ4n) is 6.24. The van der Waals surface area contributed by atoms with Gasteiger partial charge in [-0.3, -0.25) is 0 Å². The number of nitrogens with zero attached hydrogens (tertiary/aromatic N) is 9. The van der Waals surface area contributed by atoms with Crippen molar-refractivity contribution in [1.82, 2.24) is 19.5 Å². The molecule has 0 N–H and O–H groups in total. The lowest BCUT2D eigenvalue weighted by molar-refractivity contribution is 0.927. The van der Waals surface area contributed by atoms with Crippen LogP contribution in [0.15, 0.2) is 91.0 Å². The first kappa shape index (κ1) is 30.0. The summed E-state index contributed by atoms with van der Waals surface area (Å²) in [7, 11) is 0. The van der Waals surface area contributed by atoms with Crippen molar-refractivity contribution in [2.45, 2.75) is 13.8 Å². The van der Waals surface area contributed by atoms with Crippen molar-refractivity contribution < 1.29 is 0 Å². The molecule has 7 rings (SSSR count). The van der Waals surface area contributed by atoms with Gasteiger partial charge in [-0.05, 0) is 90.7 Å². The van der Waals surface area contributed by atoms with Crippen molar-refractivity contribution in [3.8, 4) is 69.7 Å². The molecule has 0 aliphatic rings. The van der Waals surface area contributed by atoms with Gasteiger partial charge in [0.1, 0.15) is 11.6 Å². The number of aromatic nitrogens is 4. The number of benzene rings is 5. The first-order valence-corrected chi connectivity index (χ1v) is 15.1. The molecular formula is C40H21N9. The van der Waals surface area contributed by atoms with E-state index in [2.05, 4.69) is 49.9 Å². The number of hydrogen-bond acceptors (Lipinski definition) is 8. The Kier molecular flexibility index (Phi) is 7.32. The van der Waals surface area contributed by atoms with Crippen LogP contribution in [0.1, 0.15) is 39.5 Å². The smallest absolute Gasteiger partial charge is 0.164 e. The lowest BCUT2D eigenvalue weighted by atomic mass is 9.96. The normalized spacial score (nSPS) is 10.6. The molecule has 5 aromatic carbocycles. The monoisotopic (exact) mass is 627 g/mol. The maximum Gasteiger partial charge on any atom is 0.164 e. The van der Waals surface area contributed by atoms with E-state index < -0.39 is 0 Å². The summed E-state index contributed by atoms with van der Waals surface area (Å²) < 4.78 is 2.08. The van der Waals surface area contributed by atoms with E-state index >= 15 is 0 Å². The van der Waals surface area contributed by atoms with Crippen LogP contribution in [0.25, 0.3) is 61.1 Å². The summed E-state index contributed by atoms with van der Waals surface area (Å²) in [5.41, 5.74) is 7.87. The van der Waals surface area contributed by atoms with Gasteiger partial charge in [0.25, 0.3) is 0 Å². The zero-order valence-corrected chi connectivity index (χ0v) is 26.2. The van der Waals surface area contributed by atoms with Crippen molar-refractivity contribution in [3.63, 3.8) is 0 Å². The summed E-state index contributed by atoms with van der Waals surface area (Å²) in [6, 6.07) is 38.5. The maximum atomic E-state index is 10.1. The molecule has 0 atom stereocenters. The molecule has 9 nitrogen and oxygen atoms in total. The molecule has 0 spiro atoms.